The molecule has 32 heavy (non-hydrogen) atoms. The van der Waals surface area contributed by atoms with E-state index in [1.54, 1.807) is 17.8 Å². The van der Waals surface area contributed by atoms with Crippen molar-refractivity contribution in [2.75, 3.05) is 5.32 Å². The van der Waals surface area contributed by atoms with Crippen molar-refractivity contribution in [1.29, 1.82) is 0 Å². The summed E-state index contributed by atoms with van der Waals surface area (Å²) >= 11 is 9.67. The van der Waals surface area contributed by atoms with Gasteiger partial charge in [0.2, 0.25) is 0 Å². The summed E-state index contributed by atoms with van der Waals surface area (Å²) in [4.78, 5) is 12.9. The lowest BCUT2D eigenvalue weighted by molar-refractivity contribution is 0.101. The lowest BCUT2D eigenvalue weighted by Crippen LogP contribution is -2.16. The molecule has 1 amide bonds. The molecule has 4 rings (SSSR count). The molecule has 2 aromatic carbocycles. The van der Waals surface area contributed by atoms with Crippen molar-refractivity contribution in [3.05, 3.63) is 92.4 Å². The van der Waals surface area contributed by atoms with E-state index >= 15 is 0 Å². The number of hydrogen-bond donors (Lipinski definition) is 1. The van der Waals surface area contributed by atoms with Gasteiger partial charge in [0, 0.05) is 11.2 Å². The third kappa shape index (κ3) is 5.03. The number of aryl methyl sites for hydroxylation is 2. The number of benzene rings is 2. The normalized spacial score (nSPS) is 10.9. The topological polar surface area (TPSA) is 82.2 Å². The van der Waals surface area contributed by atoms with Gasteiger partial charge in [-0.1, -0.05) is 52.7 Å². The van der Waals surface area contributed by atoms with E-state index in [-0.39, 0.29) is 12.3 Å². The molecule has 0 fully saturated rings. The third-order valence-corrected chi connectivity index (χ3v) is 5.79. The molecule has 0 saturated carbocycles. The highest BCUT2D eigenvalue weighted by molar-refractivity contribution is 9.10. The van der Waals surface area contributed by atoms with Crippen LogP contribution in [0, 0.1) is 13.8 Å². The molecule has 2 aromatic heterocycles. The summed E-state index contributed by atoms with van der Waals surface area (Å²) in [5.41, 5.74) is 2.79. The van der Waals surface area contributed by atoms with Crippen LogP contribution in [-0.4, -0.2) is 20.8 Å². The van der Waals surface area contributed by atoms with Gasteiger partial charge in [0.05, 0.1) is 16.6 Å². The number of amides is 1. The predicted molar refractivity (Wildman–Crippen MR) is 125 cm³/mol. The molecule has 0 atom stereocenters. The fourth-order valence-electron chi connectivity index (χ4n) is 3.06. The molecule has 7 nitrogen and oxygen atoms in total. The highest BCUT2D eigenvalue weighted by Gasteiger charge is 2.22. The second-order valence-electron chi connectivity index (χ2n) is 7.24. The Bertz CT molecular complexity index is 1250. The number of carbonyl (C=O) groups is 1. The van der Waals surface area contributed by atoms with Gasteiger partial charge in [-0.15, -0.1) is 0 Å². The van der Waals surface area contributed by atoms with Crippen molar-refractivity contribution in [3.63, 3.8) is 0 Å². The van der Waals surface area contributed by atoms with Crippen LogP contribution in [-0.2, 0) is 13.2 Å². The van der Waals surface area contributed by atoms with Crippen molar-refractivity contribution >= 4 is 39.3 Å². The van der Waals surface area contributed by atoms with Crippen molar-refractivity contribution < 1.29 is 14.1 Å². The Morgan fingerprint density at radius 1 is 1.19 bits per heavy atom. The average Bonchev–Trinajstić information content (AvgIpc) is 3.31. The SMILES string of the molecule is Cc1ccc(OCc2c(C(=O)Nc3nn(Cc4ccccc4Cl)cc3Br)noc2C)cc1. The Kier molecular flexibility index (Phi) is 6.62. The maximum atomic E-state index is 12.9. The molecule has 2 heterocycles. The molecule has 164 valence electrons. The van der Waals surface area contributed by atoms with Gasteiger partial charge in [-0.2, -0.15) is 5.10 Å². The molecule has 9 heteroatoms. The lowest BCUT2D eigenvalue weighted by Gasteiger charge is -2.07. The number of anilines is 1. The monoisotopic (exact) mass is 514 g/mol. The second-order valence-corrected chi connectivity index (χ2v) is 8.50. The molecule has 0 bridgehead atoms. The molecular formula is C23H20BrClN4O3. The minimum Gasteiger partial charge on any atom is -0.489 e. The van der Waals surface area contributed by atoms with E-state index in [2.05, 4.69) is 31.5 Å². The highest BCUT2D eigenvalue weighted by Crippen LogP contribution is 2.24. The average molecular weight is 516 g/mol. The van der Waals surface area contributed by atoms with Crippen molar-refractivity contribution in [3.8, 4) is 5.75 Å². The van der Waals surface area contributed by atoms with E-state index in [9.17, 15) is 4.79 Å². The van der Waals surface area contributed by atoms with Gasteiger partial charge in [0.25, 0.3) is 5.91 Å². The fraction of sp³-hybridized carbons (Fsp3) is 0.174. The number of ether oxygens (including phenoxy) is 1. The molecular weight excluding hydrogens is 496 g/mol. The number of aromatic nitrogens is 3. The summed E-state index contributed by atoms with van der Waals surface area (Å²) in [6.45, 7) is 4.37. The number of rotatable bonds is 7. The highest BCUT2D eigenvalue weighted by atomic mass is 79.9. The van der Waals surface area contributed by atoms with Gasteiger partial charge < -0.3 is 14.6 Å². The van der Waals surface area contributed by atoms with E-state index in [0.717, 1.165) is 11.1 Å². The number of nitrogens with one attached hydrogen (secondary N) is 1. The number of nitrogens with zero attached hydrogens (tertiary/aromatic N) is 3. The van der Waals surface area contributed by atoms with E-state index in [4.69, 9.17) is 20.9 Å². The van der Waals surface area contributed by atoms with E-state index in [0.29, 0.717) is 38.9 Å². The maximum Gasteiger partial charge on any atom is 0.279 e. The van der Waals surface area contributed by atoms with Crippen LogP contribution in [0.4, 0.5) is 5.82 Å². The van der Waals surface area contributed by atoms with Gasteiger partial charge in [-0.3, -0.25) is 9.48 Å². The van der Waals surface area contributed by atoms with E-state index in [1.807, 2.05) is 55.5 Å². The summed E-state index contributed by atoms with van der Waals surface area (Å²) in [7, 11) is 0. The van der Waals surface area contributed by atoms with Gasteiger partial charge >= 0.3 is 0 Å². The summed E-state index contributed by atoms with van der Waals surface area (Å²) in [5.74, 6) is 1.15. The van der Waals surface area contributed by atoms with E-state index < -0.39 is 5.91 Å². The standard InChI is InChI=1S/C23H20BrClN4O3/c1-14-7-9-17(10-8-14)31-13-18-15(2)32-28-21(18)23(30)26-22-19(24)12-29(27-22)11-16-5-3-4-6-20(16)25/h3-10,12H,11,13H2,1-2H3,(H,26,27,30). The molecule has 0 aliphatic heterocycles. The second kappa shape index (κ2) is 9.58. The number of halogens is 2. The first-order valence-corrected chi connectivity index (χ1v) is 11.0. The van der Waals surface area contributed by atoms with Crippen LogP contribution in [0.3, 0.4) is 0 Å². The molecule has 0 aliphatic rings. The van der Waals surface area contributed by atoms with Crippen LogP contribution in [0.15, 0.2) is 63.7 Å². The van der Waals surface area contributed by atoms with Crippen LogP contribution in [0.1, 0.15) is 32.9 Å². The van der Waals surface area contributed by atoms with Gasteiger partial charge in [0.1, 0.15) is 18.1 Å². The first-order valence-electron chi connectivity index (χ1n) is 9.83. The minimum atomic E-state index is -0.437. The van der Waals surface area contributed by atoms with Gasteiger partial charge in [0.15, 0.2) is 11.5 Å². The van der Waals surface area contributed by atoms with Gasteiger partial charge in [-0.05, 0) is 53.5 Å². The van der Waals surface area contributed by atoms with Crippen LogP contribution < -0.4 is 10.1 Å². The first kappa shape index (κ1) is 22.1. The number of hydrogen-bond acceptors (Lipinski definition) is 5. The Labute approximate surface area is 198 Å². The molecule has 0 aliphatic carbocycles. The summed E-state index contributed by atoms with van der Waals surface area (Å²) in [6, 6.07) is 15.2. The van der Waals surface area contributed by atoms with Crippen LogP contribution in [0.25, 0.3) is 0 Å². The summed E-state index contributed by atoms with van der Waals surface area (Å²) in [5, 5.41) is 11.8. The zero-order valence-electron chi connectivity index (χ0n) is 17.4. The van der Waals surface area contributed by atoms with E-state index in [1.165, 1.54) is 0 Å². The lowest BCUT2D eigenvalue weighted by atomic mass is 10.2. The third-order valence-electron chi connectivity index (χ3n) is 4.84. The quantitative estimate of drug-likeness (QED) is 0.337. The van der Waals surface area contributed by atoms with Crippen molar-refractivity contribution in [2.45, 2.75) is 27.0 Å². The largest absolute Gasteiger partial charge is 0.489 e. The Hall–Kier alpha value is -3.10. The van der Waals surface area contributed by atoms with Crippen molar-refractivity contribution in [2.24, 2.45) is 0 Å². The van der Waals surface area contributed by atoms with Crippen LogP contribution >= 0.6 is 27.5 Å². The Morgan fingerprint density at radius 3 is 2.69 bits per heavy atom. The Morgan fingerprint density at radius 2 is 1.94 bits per heavy atom. The predicted octanol–water partition coefficient (Wildman–Crippen LogP) is 5.78. The zero-order chi connectivity index (χ0) is 22.7. The summed E-state index contributed by atoms with van der Waals surface area (Å²) in [6.07, 6.45) is 1.77. The molecule has 1 N–H and O–H groups in total. The van der Waals surface area contributed by atoms with Crippen LogP contribution in [0.5, 0.6) is 5.75 Å². The van der Waals surface area contributed by atoms with Crippen molar-refractivity contribution in [1.82, 2.24) is 14.9 Å². The smallest absolute Gasteiger partial charge is 0.279 e. The van der Waals surface area contributed by atoms with Gasteiger partial charge in [-0.25, -0.2) is 0 Å². The zero-order valence-corrected chi connectivity index (χ0v) is 19.8. The Balaban J connectivity index is 1.47. The fourth-order valence-corrected chi connectivity index (χ4v) is 3.67. The van der Waals surface area contributed by atoms with Crippen LogP contribution in [0.2, 0.25) is 5.02 Å². The summed E-state index contributed by atoms with van der Waals surface area (Å²) < 4.78 is 13.4. The molecule has 4 aromatic rings. The molecule has 0 spiro atoms. The number of carbonyl (C=O) groups excluding carboxylic acids is 1. The molecule has 0 radical (unpaired) electrons. The molecule has 0 saturated heterocycles. The minimum absolute atomic E-state index is 0.155. The first-order chi connectivity index (χ1) is 15.4. The molecule has 0 unspecified atom stereocenters. The maximum absolute atomic E-state index is 12.9.